The van der Waals surface area contributed by atoms with Crippen LogP contribution >= 0.6 is 0 Å². The number of nitrogens with zero attached hydrogens (tertiary/aromatic N) is 3. The van der Waals surface area contributed by atoms with Gasteiger partial charge in [0.1, 0.15) is 10.6 Å². The Balaban J connectivity index is 2.52. The first kappa shape index (κ1) is 26.2. The number of methoxy groups -OCH3 is 1. The first-order valence-corrected chi connectivity index (χ1v) is 11.9. The van der Waals surface area contributed by atoms with Crippen molar-refractivity contribution in [2.24, 2.45) is 0 Å². The average Bonchev–Trinajstić information content (AvgIpc) is 3.08. The number of carbonyl (C=O) groups is 1. The first-order chi connectivity index (χ1) is 15.5. The molecule has 1 unspecified atom stereocenters. The lowest BCUT2D eigenvalue weighted by Crippen LogP contribution is -2.32. The summed E-state index contributed by atoms with van der Waals surface area (Å²) < 4.78 is 40.7. The number of aromatic nitrogens is 2. The minimum Gasteiger partial charge on any atom is -0.438 e. The van der Waals surface area contributed by atoms with Gasteiger partial charge in [0.15, 0.2) is 5.69 Å². The number of rotatable bonds is 12. The van der Waals surface area contributed by atoms with Crippen molar-refractivity contribution in [3.8, 4) is 11.6 Å². The van der Waals surface area contributed by atoms with E-state index < -0.39 is 32.6 Å². The van der Waals surface area contributed by atoms with Crippen LogP contribution < -0.4 is 14.8 Å². The van der Waals surface area contributed by atoms with Gasteiger partial charge in [0, 0.05) is 43.9 Å². The molecule has 0 spiro atoms. The summed E-state index contributed by atoms with van der Waals surface area (Å²) in [6.45, 7) is 7.84. The average molecular weight is 484 g/mol. The molecule has 0 bridgehead atoms. The number of nitro benzene ring substituents is 1. The van der Waals surface area contributed by atoms with Crippen LogP contribution in [0.2, 0.25) is 0 Å². The molecule has 182 valence electrons. The molecular formula is C20H29N5O7S. The molecule has 2 aromatic rings. The van der Waals surface area contributed by atoms with E-state index in [4.69, 9.17) is 9.47 Å². The summed E-state index contributed by atoms with van der Waals surface area (Å²) in [7, 11) is -2.62. The Morgan fingerprint density at radius 3 is 2.61 bits per heavy atom. The van der Waals surface area contributed by atoms with E-state index >= 15 is 0 Å². The summed E-state index contributed by atoms with van der Waals surface area (Å²) in [4.78, 5) is 22.7. The second kappa shape index (κ2) is 11.2. The highest BCUT2D eigenvalue weighted by Crippen LogP contribution is 2.34. The zero-order valence-electron chi connectivity index (χ0n) is 19.2. The monoisotopic (exact) mass is 483 g/mol. The van der Waals surface area contributed by atoms with Crippen LogP contribution in [0.15, 0.2) is 23.1 Å². The second-order valence-corrected chi connectivity index (χ2v) is 8.95. The van der Waals surface area contributed by atoms with Crippen molar-refractivity contribution in [1.82, 2.24) is 19.8 Å². The van der Waals surface area contributed by atoms with Crippen molar-refractivity contribution in [2.75, 3.05) is 20.3 Å². The molecule has 2 N–H and O–H groups in total. The maximum atomic E-state index is 13.0. The number of hydrogen-bond donors (Lipinski definition) is 2. The summed E-state index contributed by atoms with van der Waals surface area (Å²) in [5, 5.41) is 18.2. The van der Waals surface area contributed by atoms with Gasteiger partial charge >= 0.3 is 0 Å². The lowest BCUT2D eigenvalue weighted by molar-refractivity contribution is -0.385. The van der Waals surface area contributed by atoms with Crippen LogP contribution in [-0.2, 0) is 21.3 Å². The van der Waals surface area contributed by atoms with Crippen LogP contribution in [0.5, 0.6) is 11.6 Å². The zero-order valence-corrected chi connectivity index (χ0v) is 20.1. The van der Waals surface area contributed by atoms with E-state index in [0.29, 0.717) is 25.1 Å². The maximum absolute atomic E-state index is 13.0. The van der Waals surface area contributed by atoms with E-state index in [9.17, 15) is 23.3 Å². The third kappa shape index (κ3) is 6.27. The molecule has 0 saturated heterocycles. The Labute approximate surface area is 192 Å². The van der Waals surface area contributed by atoms with Gasteiger partial charge in [-0.1, -0.05) is 6.92 Å². The third-order valence-corrected chi connectivity index (χ3v) is 6.45. The molecule has 2 rings (SSSR count). The number of carbonyl (C=O) groups excluding carboxylic acids is 1. The smallest absolute Gasteiger partial charge is 0.272 e. The third-order valence-electron chi connectivity index (χ3n) is 4.84. The van der Waals surface area contributed by atoms with Gasteiger partial charge in [0.25, 0.3) is 11.6 Å². The summed E-state index contributed by atoms with van der Waals surface area (Å²) in [6, 6.07) is 2.92. The highest BCUT2D eigenvalue weighted by atomic mass is 32.2. The second-order valence-electron chi connectivity index (χ2n) is 7.26. The number of amides is 1. The Kier molecular flexibility index (Phi) is 8.91. The van der Waals surface area contributed by atoms with E-state index in [2.05, 4.69) is 15.1 Å². The molecule has 1 aromatic carbocycles. The zero-order chi connectivity index (χ0) is 24.8. The van der Waals surface area contributed by atoms with Crippen molar-refractivity contribution in [2.45, 2.75) is 51.6 Å². The van der Waals surface area contributed by atoms with Gasteiger partial charge in [-0.2, -0.15) is 5.10 Å². The van der Waals surface area contributed by atoms with Crippen LogP contribution in [0.25, 0.3) is 0 Å². The molecular weight excluding hydrogens is 454 g/mol. The maximum Gasteiger partial charge on any atom is 0.272 e. The van der Waals surface area contributed by atoms with Crippen molar-refractivity contribution in [3.63, 3.8) is 0 Å². The minimum absolute atomic E-state index is 0.118. The van der Waals surface area contributed by atoms with Crippen LogP contribution in [-0.4, -0.2) is 55.3 Å². The number of aryl methyl sites for hydroxylation is 1. The Morgan fingerprint density at radius 1 is 1.33 bits per heavy atom. The van der Waals surface area contributed by atoms with Crippen molar-refractivity contribution < 1.29 is 27.6 Å². The fraction of sp³-hybridized carbons (Fsp3) is 0.500. The number of nitro groups is 1. The van der Waals surface area contributed by atoms with Gasteiger partial charge in [-0.15, -0.1) is 0 Å². The van der Waals surface area contributed by atoms with E-state index in [1.165, 1.54) is 17.9 Å². The van der Waals surface area contributed by atoms with Gasteiger partial charge in [0.2, 0.25) is 15.9 Å². The molecule has 0 saturated carbocycles. The molecule has 1 atom stereocenters. The highest BCUT2D eigenvalue weighted by Gasteiger charge is 2.27. The van der Waals surface area contributed by atoms with Gasteiger partial charge < -0.3 is 14.8 Å². The van der Waals surface area contributed by atoms with Crippen molar-refractivity contribution in [3.05, 3.63) is 39.6 Å². The summed E-state index contributed by atoms with van der Waals surface area (Å²) in [6.07, 6.45) is 0.521. The topological polar surface area (TPSA) is 155 Å². The van der Waals surface area contributed by atoms with Gasteiger partial charge in [-0.05, 0) is 33.3 Å². The molecule has 1 heterocycles. The normalized spacial score (nSPS) is 12.4. The van der Waals surface area contributed by atoms with Gasteiger partial charge in [-0.3, -0.25) is 14.9 Å². The Morgan fingerprint density at radius 2 is 2.03 bits per heavy atom. The minimum atomic E-state index is -4.14. The molecule has 0 aliphatic carbocycles. The molecule has 0 aliphatic rings. The number of ether oxygens (including phenoxy) is 2. The predicted molar refractivity (Wildman–Crippen MR) is 120 cm³/mol. The first-order valence-electron chi connectivity index (χ1n) is 10.4. The molecule has 0 aliphatic heterocycles. The van der Waals surface area contributed by atoms with Crippen LogP contribution in [0.4, 0.5) is 5.69 Å². The SMILES string of the molecule is CCC(C)NS(=O)(=O)c1cc([N+](=O)[O-])ccc1Oc1c(C)c(C(=O)NCCOC)nn1CC. The van der Waals surface area contributed by atoms with Crippen molar-refractivity contribution >= 4 is 21.6 Å². The number of nitrogens with one attached hydrogen (secondary N) is 2. The molecule has 33 heavy (non-hydrogen) atoms. The lowest BCUT2D eigenvalue weighted by atomic mass is 10.2. The standard InChI is InChI=1S/C20H29N5O7S/c1-6-13(3)23-33(29,30)17-12-15(25(27)28)8-9-16(17)32-20-14(4)18(22-24(20)7-2)19(26)21-10-11-31-5/h8-9,12-13,23H,6-7,10-11H2,1-5H3,(H,21,26). The molecule has 12 nitrogen and oxygen atoms in total. The largest absolute Gasteiger partial charge is 0.438 e. The number of benzene rings is 1. The predicted octanol–water partition coefficient (Wildman–Crippen LogP) is 2.36. The molecule has 0 fully saturated rings. The summed E-state index contributed by atoms with van der Waals surface area (Å²) in [5.74, 6) is -0.403. The molecule has 0 radical (unpaired) electrons. The van der Waals surface area contributed by atoms with Crippen molar-refractivity contribution in [1.29, 1.82) is 0 Å². The molecule has 1 aromatic heterocycles. The highest BCUT2D eigenvalue weighted by molar-refractivity contribution is 7.89. The van der Waals surface area contributed by atoms with E-state index in [1.807, 2.05) is 0 Å². The fourth-order valence-corrected chi connectivity index (χ4v) is 4.34. The Hall–Kier alpha value is -3.03. The lowest BCUT2D eigenvalue weighted by Gasteiger charge is -2.16. The van der Waals surface area contributed by atoms with Crippen LogP contribution in [0, 0.1) is 17.0 Å². The summed E-state index contributed by atoms with van der Waals surface area (Å²) in [5.41, 5.74) is 0.112. The number of hydrogen-bond acceptors (Lipinski definition) is 8. The molecule has 1 amide bonds. The van der Waals surface area contributed by atoms with Gasteiger partial charge in [-0.25, -0.2) is 17.8 Å². The van der Waals surface area contributed by atoms with Crippen LogP contribution in [0.3, 0.4) is 0 Å². The molecule has 13 heteroatoms. The number of sulfonamides is 1. The number of non-ortho nitro benzene ring substituents is 1. The fourth-order valence-electron chi connectivity index (χ4n) is 2.87. The Bertz CT molecular complexity index is 1110. The van der Waals surface area contributed by atoms with Gasteiger partial charge in [0.05, 0.1) is 11.5 Å². The van der Waals surface area contributed by atoms with Crippen LogP contribution in [0.1, 0.15) is 43.2 Å². The van der Waals surface area contributed by atoms with E-state index in [1.54, 1.807) is 27.7 Å². The quantitative estimate of drug-likeness (QED) is 0.265. The van der Waals surface area contributed by atoms with E-state index in [0.717, 1.165) is 12.1 Å². The summed E-state index contributed by atoms with van der Waals surface area (Å²) >= 11 is 0. The van der Waals surface area contributed by atoms with E-state index in [-0.39, 0.29) is 28.8 Å².